The first-order valence-corrected chi connectivity index (χ1v) is 13.1. The number of carbonyl (C=O) groups excluding carboxylic acids is 1. The third kappa shape index (κ3) is 5.16. The molecule has 0 unspecified atom stereocenters. The number of carboxylic acid groups (broad SMARTS) is 1. The van der Waals surface area contributed by atoms with Crippen LogP contribution in [0.15, 0.2) is 42.5 Å². The lowest BCUT2D eigenvalue weighted by Crippen LogP contribution is -2.42. The molecule has 3 aliphatic rings. The summed E-state index contributed by atoms with van der Waals surface area (Å²) in [5.74, 6) is 0.975. The van der Waals surface area contributed by atoms with Crippen molar-refractivity contribution < 1.29 is 14.7 Å². The fourth-order valence-electron chi connectivity index (χ4n) is 6.29. The molecule has 0 saturated heterocycles. The van der Waals surface area contributed by atoms with Crippen molar-refractivity contribution in [3.63, 3.8) is 0 Å². The summed E-state index contributed by atoms with van der Waals surface area (Å²) in [5.41, 5.74) is 4.69. The Kier molecular flexibility index (Phi) is 6.47. The Morgan fingerprint density at radius 1 is 1.03 bits per heavy atom. The first-order chi connectivity index (χ1) is 16.8. The van der Waals surface area contributed by atoms with Gasteiger partial charge in [0.25, 0.3) is 0 Å². The first-order valence-electron chi connectivity index (χ1n) is 13.1. The second-order valence-electron chi connectivity index (χ2n) is 11.3. The highest BCUT2D eigenvalue weighted by Gasteiger charge is 2.45. The summed E-state index contributed by atoms with van der Waals surface area (Å²) in [5, 5.41) is 15.5. The monoisotopic (exact) mass is 475 g/mol. The zero-order valence-electron chi connectivity index (χ0n) is 21.0. The van der Waals surface area contributed by atoms with Crippen LogP contribution in [0.4, 0.5) is 21.9 Å². The van der Waals surface area contributed by atoms with Crippen LogP contribution in [-0.4, -0.2) is 29.7 Å². The zero-order valence-corrected chi connectivity index (χ0v) is 21.0. The van der Waals surface area contributed by atoms with Crippen molar-refractivity contribution in [2.45, 2.75) is 64.8 Å². The Morgan fingerprint density at radius 3 is 2.40 bits per heavy atom. The molecular formula is C29H37N3O3. The summed E-state index contributed by atoms with van der Waals surface area (Å²) in [4.78, 5) is 27.1. The number of anilines is 3. The van der Waals surface area contributed by atoms with Crippen LogP contribution in [-0.2, 0) is 4.79 Å². The lowest BCUT2D eigenvalue weighted by Gasteiger charge is -2.39. The fourth-order valence-corrected chi connectivity index (χ4v) is 6.29. The fraction of sp³-hybridized carbons (Fsp3) is 0.517. The molecule has 3 N–H and O–H groups in total. The molecule has 0 aliphatic heterocycles. The average molecular weight is 476 g/mol. The number of aryl methyl sites for hydroxylation is 1. The molecule has 3 saturated carbocycles. The van der Waals surface area contributed by atoms with Gasteiger partial charge in [-0.05, 0) is 86.1 Å². The lowest BCUT2D eigenvalue weighted by atomic mass is 9.92. The summed E-state index contributed by atoms with van der Waals surface area (Å²) in [6.07, 6.45) is 5.83. The minimum Gasteiger partial charge on any atom is -0.481 e. The second kappa shape index (κ2) is 9.56. The molecule has 2 amide bonds. The van der Waals surface area contributed by atoms with Gasteiger partial charge in [-0.3, -0.25) is 4.79 Å². The number of urea groups is 1. The second-order valence-corrected chi connectivity index (χ2v) is 11.3. The largest absolute Gasteiger partial charge is 0.481 e. The Hall–Kier alpha value is -3.02. The van der Waals surface area contributed by atoms with Gasteiger partial charge in [0.15, 0.2) is 0 Å². The van der Waals surface area contributed by atoms with Gasteiger partial charge in [0.2, 0.25) is 0 Å². The van der Waals surface area contributed by atoms with E-state index >= 15 is 0 Å². The van der Waals surface area contributed by atoms with Crippen molar-refractivity contribution >= 4 is 29.1 Å². The minimum absolute atomic E-state index is 0.0169. The van der Waals surface area contributed by atoms with Crippen LogP contribution >= 0.6 is 0 Å². The standard InChI is InChI=1S/C29H37N3O3/c1-17(2)16-32(27-13-19-6-7-21(27)12-19)26-11-8-20(23-15-24(23)28(33)34)14-25(26)31-29(35)30-22-9-4-18(3)5-10-22/h4-5,8-11,14,17,19,21,23-24,27H,6-7,12-13,15-16H2,1-3H3,(H,33,34)(H2,30,31,35)/t19-,21+,23+,24+,27+/m0/s1. The van der Waals surface area contributed by atoms with Crippen LogP contribution in [0.3, 0.4) is 0 Å². The quantitative estimate of drug-likeness (QED) is 0.408. The molecule has 35 heavy (non-hydrogen) atoms. The molecular weight excluding hydrogens is 438 g/mol. The Morgan fingerprint density at radius 2 is 1.80 bits per heavy atom. The van der Waals surface area contributed by atoms with Crippen LogP contribution in [0.25, 0.3) is 0 Å². The van der Waals surface area contributed by atoms with E-state index in [2.05, 4.69) is 41.5 Å². The van der Waals surface area contributed by atoms with Crippen molar-refractivity contribution in [3.8, 4) is 0 Å². The maximum absolute atomic E-state index is 13.0. The maximum atomic E-state index is 13.0. The van der Waals surface area contributed by atoms with E-state index in [9.17, 15) is 14.7 Å². The van der Waals surface area contributed by atoms with Crippen LogP contribution in [0.1, 0.15) is 63.0 Å². The van der Waals surface area contributed by atoms with Crippen LogP contribution in [0, 0.1) is 30.6 Å². The number of hydrogen-bond acceptors (Lipinski definition) is 3. The Balaban J connectivity index is 1.44. The van der Waals surface area contributed by atoms with Crippen molar-refractivity contribution in [1.82, 2.24) is 0 Å². The van der Waals surface area contributed by atoms with Gasteiger partial charge in [-0.25, -0.2) is 4.79 Å². The van der Waals surface area contributed by atoms with Crippen molar-refractivity contribution in [3.05, 3.63) is 53.6 Å². The highest BCUT2D eigenvalue weighted by molar-refractivity contribution is 6.02. The van der Waals surface area contributed by atoms with E-state index in [0.29, 0.717) is 24.3 Å². The number of nitrogens with one attached hydrogen (secondary N) is 2. The molecule has 2 aromatic carbocycles. The molecule has 0 heterocycles. The predicted octanol–water partition coefficient (Wildman–Crippen LogP) is 6.48. The van der Waals surface area contributed by atoms with E-state index in [1.807, 2.05) is 37.3 Å². The smallest absolute Gasteiger partial charge is 0.323 e. The van der Waals surface area contributed by atoms with E-state index in [-0.39, 0.29) is 17.9 Å². The Labute approximate surface area is 208 Å². The molecule has 5 rings (SSSR count). The predicted molar refractivity (Wildman–Crippen MR) is 140 cm³/mol. The van der Waals surface area contributed by atoms with E-state index in [1.54, 1.807) is 0 Å². The number of aliphatic carboxylic acids is 1. The number of benzene rings is 2. The van der Waals surface area contributed by atoms with E-state index in [0.717, 1.165) is 40.7 Å². The summed E-state index contributed by atoms with van der Waals surface area (Å²) in [6.45, 7) is 7.44. The molecule has 3 aliphatic carbocycles. The topological polar surface area (TPSA) is 81.7 Å². The van der Waals surface area contributed by atoms with Gasteiger partial charge in [-0.1, -0.05) is 44.0 Å². The molecule has 6 heteroatoms. The van der Waals surface area contributed by atoms with E-state index in [1.165, 1.54) is 25.7 Å². The molecule has 3 fully saturated rings. The van der Waals surface area contributed by atoms with Gasteiger partial charge in [0.05, 0.1) is 17.3 Å². The van der Waals surface area contributed by atoms with Crippen LogP contribution in [0.2, 0.25) is 0 Å². The number of nitrogens with zero attached hydrogens (tertiary/aromatic N) is 1. The van der Waals surface area contributed by atoms with Crippen LogP contribution in [0.5, 0.6) is 0 Å². The van der Waals surface area contributed by atoms with Crippen molar-refractivity contribution in [2.24, 2.45) is 23.7 Å². The summed E-state index contributed by atoms with van der Waals surface area (Å²) in [6, 6.07) is 14.2. The summed E-state index contributed by atoms with van der Waals surface area (Å²) in [7, 11) is 0. The number of fused-ring (bicyclic) bond motifs is 2. The summed E-state index contributed by atoms with van der Waals surface area (Å²) >= 11 is 0. The van der Waals surface area contributed by atoms with Gasteiger partial charge in [0.1, 0.15) is 0 Å². The zero-order chi connectivity index (χ0) is 24.7. The van der Waals surface area contributed by atoms with Gasteiger partial charge >= 0.3 is 12.0 Å². The number of rotatable bonds is 8. The van der Waals surface area contributed by atoms with E-state index in [4.69, 9.17) is 0 Å². The molecule has 0 aromatic heterocycles. The maximum Gasteiger partial charge on any atom is 0.323 e. The normalized spacial score (nSPS) is 26.6. The van der Waals surface area contributed by atoms with Crippen molar-refractivity contribution in [1.29, 1.82) is 0 Å². The first kappa shape index (κ1) is 23.7. The molecule has 6 nitrogen and oxygen atoms in total. The number of amides is 2. The van der Waals surface area contributed by atoms with Gasteiger partial charge in [0, 0.05) is 18.3 Å². The van der Waals surface area contributed by atoms with Gasteiger partial charge in [-0.15, -0.1) is 0 Å². The molecule has 0 radical (unpaired) electrons. The molecule has 5 atom stereocenters. The highest BCUT2D eigenvalue weighted by atomic mass is 16.4. The number of carbonyl (C=O) groups is 2. The van der Waals surface area contributed by atoms with Crippen molar-refractivity contribution in [2.75, 3.05) is 22.1 Å². The summed E-state index contributed by atoms with van der Waals surface area (Å²) < 4.78 is 0. The van der Waals surface area contributed by atoms with Gasteiger partial charge < -0.3 is 20.6 Å². The van der Waals surface area contributed by atoms with Crippen LogP contribution < -0.4 is 15.5 Å². The SMILES string of the molecule is Cc1ccc(NC(=O)Nc2cc([C@H]3C[C@H]3C(=O)O)ccc2N(CC(C)C)[C@@H]2C[C@H]3CC[C@@H]2C3)cc1. The number of hydrogen-bond donors (Lipinski definition) is 3. The molecule has 0 spiro atoms. The molecule has 2 bridgehead atoms. The Bertz CT molecular complexity index is 1100. The molecule has 186 valence electrons. The molecule has 2 aromatic rings. The minimum atomic E-state index is -0.742. The highest BCUT2D eigenvalue weighted by Crippen LogP contribution is 2.51. The lowest BCUT2D eigenvalue weighted by molar-refractivity contribution is -0.138. The van der Waals surface area contributed by atoms with Gasteiger partial charge in [-0.2, -0.15) is 0 Å². The third-order valence-corrected chi connectivity index (χ3v) is 8.09. The number of carboxylic acids is 1. The van der Waals surface area contributed by atoms with E-state index < -0.39 is 5.97 Å². The third-order valence-electron chi connectivity index (χ3n) is 8.09. The average Bonchev–Trinajstić information content (AvgIpc) is 3.35.